The smallest absolute Gasteiger partial charge is 1.00 e. The van der Waals surface area contributed by atoms with E-state index in [1.165, 1.54) is 6.92 Å². The molecule has 0 radical (unpaired) electrons. The predicted octanol–water partition coefficient (Wildman–Crippen LogP) is -1.84. The number of nitrogens with one attached hydrogen (secondary N) is 1. The molecular weight excluding hydrogens is 291 g/mol. The molecule has 0 fully saturated rings. The summed E-state index contributed by atoms with van der Waals surface area (Å²) < 4.78 is 5.00. The first kappa shape index (κ1) is 19.4. The van der Waals surface area contributed by atoms with Crippen molar-refractivity contribution < 1.29 is 55.2 Å². The molecule has 0 aliphatic rings. The molecule has 0 saturated carbocycles. The van der Waals surface area contributed by atoms with Gasteiger partial charge in [0.05, 0.1) is 0 Å². The molecule has 0 bridgehead atoms. The maximum absolute atomic E-state index is 11.5. The molecule has 21 heavy (non-hydrogen) atoms. The summed E-state index contributed by atoms with van der Waals surface area (Å²) in [5.74, 6) is -0.685. The van der Waals surface area contributed by atoms with Crippen LogP contribution in [-0.4, -0.2) is 23.2 Å². The minimum Gasteiger partial charge on any atom is -1.00 e. The minimum atomic E-state index is -1.18. The zero-order valence-electron chi connectivity index (χ0n) is 12.8. The minimum absolute atomic E-state index is 0. The third kappa shape index (κ3) is 9.01. The summed E-state index contributed by atoms with van der Waals surface area (Å²) in [6, 6.07) is 8.40. The van der Waals surface area contributed by atoms with Gasteiger partial charge in [-0.2, -0.15) is 0 Å². The summed E-state index contributed by atoms with van der Waals surface area (Å²) >= 11 is 0. The molecule has 8 nitrogen and oxygen atoms in total. The van der Waals surface area contributed by atoms with Crippen LogP contribution < -0.4 is 39.6 Å². The van der Waals surface area contributed by atoms with Gasteiger partial charge < -0.3 is 11.5 Å². The second kappa shape index (κ2) is 10.1. The zero-order valence-corrected chi connectivity index (χ0v) is 13.8. The summed E-state index contributed by atoms with van der Waals surface area (Å²) in [6.07, 6.45) is -1.37. The molecule has 9 heteroatoms. The molecule has 0 aliphatic carbocycles. The van der Waals surface area contributed by atoms with Crippen LogP contribution in [0.2, 0.25) is 0 Å². The van der Waals surface area contributed by atoms with Gasteiger partial charge in [0.1, 0.15) is 5.75 Å². The van der Waals surface area contributed by atoms with Crippen molar-refractivity contribution in [3.8, 4) is 5.75 Å². The normalized spacial score (nSPS) is 10.7. The van der Waals surface area contributed by atoms with Gasteiger partial charge >= 0.3 is 35.5 Å². The van der Waals surface area contributed by atoms with Gasteiger partial charge in [-0.1, -0.05) is 18.2 Å². The standard InChI is InChI=1S/C12H14N2O6.Na.H/c1-9(15)13-11(20-14(17)18)7-8-12(16)19-10-5-3-2-4-6-10;;/h2-6,11H,7-8H2,1H3,(H,13,15);;/q;+1;-1. The Morgan fingerprint density at radius 2 is 2.00 bits per heavy atom. The average Bonchev–Trinajstić information content (AvgIpc) is 2.36. The molecule has 1 atom stereocenters. The molecular formula is C12H15N2NaO6. The maximum atomic E-state index is 11.5. The molecule has 1 aromatic rings. The number of benzene rings is 1. The van der Waals surface area contributed by atoms with Gasteiger partial charge in [0.2, 0.25) is 5.91 Å². The summed E-state index contributed by atoms with van der Waals surface area (Å²) in [4.78, 5) is 36.9. The van der Waals surface area contributed by atoms with E-state index in [0.29, 0.717) is 5.75 Å². The topological polar surface area (TPSA) is 108 Å². The van der Waals surface area contributed by atoms with Gasteiger partial charge in [-0.3, -0.25) is 14.4 Å². The number of nitrogens with zero attached hydrogens (tertiary/aromatic N) is 1. The Labute approximate surface area is 144 Å². The molecule has 1 rings (SSSR count). The molecule has 0 aromatic heterocycles. The van der Waals surface area contributed by atoms with Crippen molar-refractivity contribution in [3.63, 3.8) is 0 Å². The monoisotopic (exact) mass is 306 g/mol. The molecule has 0 aliphatic heterocycles. The first-order chi connectivity index (χ1) is 9.47. The van der Waals surface area contributed by atoms with Crippen LogP contribution >= 0.6 is 0 Å². The van der Waals surface area contributed by atoms with Crippen LogP contribution in [0.25, 0.3) is 0 Å². The Balaban J connectivity index is 0. The number of amides is 1. The second-order valence-electron chi connectivity index (χ2n) is 3.84. The van der Waals surface area contributed by atoms with E-state index in [0.717, 1.165) is 0 Å². The van der Waals surface area contributed by atoms with Gasteiger partial charge in [-0.05, 0) is 12.1 Å². The number of hydrogen-bond donors (Lipinski definition) is 1. The van der Waals surface area contributed by atoms with E-state index in [2.05, 4.69) is 10.2 Å². The van der Waals surface area contributed by atoms with Crippen LogP contribution in [0.4, 0.5) is 0 Å². The Kier molecular flexibility index (Phi) is 9.35. The molecule has 1 unspecified atom stereocenters. The summed E-state index contributed by atoms with van der Waals surface area (Å²) in [6.45, 7) is 1.19. The van der Waals surface area contributed by atoms with E-state index in [4.69, 9.17) is 4.74 Å². The summed E-state index contributed by atoms with van der Waals surface area (Å²) in [5, 5.41) is 11.4. The second-order valence-corrected chi connectivity index (χ2v) is 3.84. The van der Waals surface area contributed by atoms with E-state index in [1.54, 1.807) is 30.3 Å². The summed E-state index contributed by atoms with van der Waals surface area (Å²) in [7, 11) is 0. The van der Waals surface area contributed by atoms with Crippen molar-refractivity contribution in [1.29, 1.82) is 0 Å². The number of carbonyl (C=O) groups is 2. The van der Waals surface area contributed by atoms with Crippen molar-refractivity contribution >= 4 is 11.9 Å². The van der Waals surface area contributed by atoms with Gasteiger partial charge in [-0.15, -0.1) is 10.1 Å². The molecule has 1 N–H and O–H groups in total. The van der Waals surface area contributed by atoms with E-state index in [-0.39, 0.29) is 43.8 Å². The van der Waals surface area contributed by atoms with Crippen molar-refractivity contribution in [2.45, 2.75) is 26.0 Å². The maximum Gasteiger partial charge on any atom is 1.00 e. The van der Waals surface area contributed by atoms with Gasteiger partial charge in [0, 0.05) is 19.8 Å². The SMILES string of the molecule is CC(=O)NC(CCC(=O)Oc1ccccc1)O[N+](=O)[O-].[H-].[Na+]. The van der Waals surface area contributed by atoms with E-state index < -0.39 is 23.2 Å². The molecule has 1 aromatic carbocycles. The van der Waals surface area contributed by atoms with Crippen LogP contribution in [0.15, 0.2) is 30.3 Å². The largest absolute Gasteiger partial charge is 1.00 e. The van der Waals surface area contributed by atoms with Crippen LogP contribution in [-0.2, 0) is 14.4 Å². The van der Waals surface area contributed by atoms with Gasteiger partial charge in [-0.25, -0.2) is 0 Å². The van der Waals surface area contributed by atoms with Crippen LogP contribution in [0, 0.1) is 10.1 Å². The Hall–Kier alpha value is -1.64. The fourth-order valence-corrected chi connectivity index (χ4v) is 1.40. The van der Waals surface area contributed by atoms with Crippen LogP contribution in [0.5, 0.6) is 5.75 Å². The van der Waals surface area contributed by atoms with Crippen molar-refractivity contribution in [3.05, 3.63) is 40.4 Å². The number of hydrogen-bond acceptors (Lipinski definition) is 6. The Morgan fingerprint density at radius 3 is 2.52 bits per heavy atom. The van der Waals surface area contributed by atoms with Crippen molar-refractivity contribution in [2.75, 3.05) is 0 Å². The Morgan fingerprint density at radius 1 is 1.38 bits per heavy atom. The fourth-order valence-electron chi connectivity index (χ4n) is 1.40. The van der Waals surface area contributed by atoms with Crippen molar-refractivity contribution in [2.24, 2.45) is 0 Å². The third-order valence-corrected chi connectivity index (χ3v) is 2.16. The first-order valence-electron chi connectivity index (χ1n) is 5.81. The van der Waals surface area contributed by atoms with E-state index in [9.17, 15) is 19.7 Å². The fraction of sp³-hybridized carbons (Fsp3) is 0.333. The summed E-state index contributed by atoms with van der Waals surface area (Å²) in [5.41, 5.74) is 0. The van der Waals surface area contributed by atoms with Crippen molar-refractivity contribution in [1.82, 2.24) is 5.32 Å². The average molecular weight is 306 g/mol. The first-order valence-corrected chi connectivity index (χ1v) is 5.81. The molecule has 110 valence electrons. The van der Waals surface area contributed by atoms with Gasteiger partial charge in [0.25, 0.3) is 5.09 Å². The molecule has 0 saturated heterocycles. The van der Waals surface area contributed by atoms with E-state index in [1.807, 2.05) is 0 Å². The number of ether oxygens (including phenoxy) is 1. The molecule has 0 heterocycles. The Bertz CT molecular complexity index is 472. The number of esters is 1. The van der Waals surface area contributed by atoms with E-state index >= 15 is 0 Å². The van der Waals surface area contributed by atoms with Gasteiger partial charge in [0.15, 0.2) is 6.23 Å². The zero-order chi connectivity index (χ0) is 15.0. The van der Waals surface area contributed by atoms with Crippen LogP contribution in [0.3, 0.4) is 0 Å². The molecule has 1 amide bonds. The third-order valence-electron chi connectivity index (χ3n) is 2.16. The number of rotatable bonds is 7. The number of carbonyl (C=O) groups excluding carboxylic acids is 2. The molecule has 0 spiro atoms. The predicted molar refractivity (Wildman–Crippen MR) is 68.1 cm³/mol. The number of para-hydroxylation sites is 1. The van der Waals surface area contributed by atoms with Crippen LogP contribution in [0.1, 0.15) is 21.2 Å². The quantitative estimate of drug-likeness (QED) is 0.158.